The van der Waals surface area contributed by atoms with Gasteiger partial charge in [-0.25, -0.2) is 0 Å². The first kappa shape index (κ1) is 16.0. The zero-order chi connectivity index (χ0) is 17.1. The molecule has 0 N–H and O–H groups in total. The molecular weight excluding hydrogens is 308 g/mol. The van der Waals surface area contributed by atoms with Gasteiger partial charge < -0.3 is 9.47 Å². The summed E-state index contributed by atoms with van der Waals surface area (Å²) in [6, 6.07) is 10.5. The maximum Gasteiger partial charge on any atom is 0.269 e. The molecule has 0 bridgehead atoms. The van der Waals surface area contributed by atoms with Gasteiger partial charge in [0.15, 0.2) is 11.5 Å². The molecular formula is C18H18N2O4. The number of hydrogen-bond acceptors (Lipinski definition) is 5. The van der Waals surface area contributed by atoms with E-state index in [1.165, 1.54) is 17.7 Å². The molecule has 2 aromatic carbocycles. The normalized spacial score (nSPS) is 13.0. The Morgan fingerprint density at radius 1 is 1.12 bits per heavy atom. The molecule has 0 unspecified atom stereocenters. The SMILES string of the molecule is COc1cc2c(cc1OC)C(Cc1ccc([N+](=O)[O-])cc1)=NCC2. The Morgan fingerprint density at radius 3 is 2.42 bits per heavy atom. The summed E-state index contributed by atoms with van der Waals surface area (Å²) in [7, 11) is 3.24. The Labute approximate surface area is 139 Å². The van der Waals surface area contributed by atoms with Crippen LogP contribution in [0.1, 0.15) is 16.7 Å². The summed E-state index contributed by atoms with van der Waals surface area (Å²) in [6.45, 7) is 0.727. The minimum Gasteiger partial charge on any atom is -0.493 e. The van der Waals surface area contributed by atoms with E-state index in [4.69, 9.17) is 9.47 Å². The van der Waals surface area contributed by atoms with E-state index in [2.05, 4.69) is 4.99 Å². The molecule has 24 heavy (non-hydrogen) atoms. The van der Waals surface area contributed by atoms with Gasteiger partial charge in [0.2, 0.25) is 0 Å². The van der Waals surface area contributed by atoms with Gasteiger partial charge >= 0.3 is 0 Å². The first-order chi connectivity index (χ1) is 11.6. The molecule has 0 saturated heterocycles. The number of nitro groups is 1. The van der Waals surface area contributed by atoms with Crippen molar-refractivity contribution in [1.29, 1.82) is 0 Å². The monoisotopic (exact) mass is 326 g/mol. The first-order valence-corrected chi connectivity index (χ1v) is 7.64. The molecule has 124 valence electrons. The van der Waals surface area contributed by atoms with Crippen LogP contribution in [0.2, 0.25) is 0 Å². The summed E-state index contributed by atoms with van der Waals surface area (Å²) >= 11 is 0. The van der Waals surface area contributed by atoms with Crippen molar-refractivity contribution in [3.8, 4) is 11.5 Å². The molecule has 1 aliphatic rings. The predicted molar refractivity (Wildman–Crippen MR) is 91.5 cm³/mol. The highest BCUT2D eigenvalue weighted by Gasteiger charge is 2.19. The lowest BCUT2D eigenvalue weighted by atomic mass is 9.93. The minimum atomic E-state index is -0.394. The van der Waals surface area contributed by atoms with Crippen molar-refractivity contribution < 1.29 is 14.4 Å². The fourth-order valence-corrected chi connectivity index (χ4v) is 2.87. The van der Waals surface area contributed by atoms with Crippen LogP contribution < -0.4 is 9.47 Å². The van der Waals surface area contributed by atoms with E-state index < -0.39 is 4.92 Å². The molecule has 6 heteroatoms. The summed E-state index contributed by atoms with van der Waals surface area (Å²) < 4.78 is 10.8. The number of hydrogen-bond donors (Lipinski definition) is 0. The van der Waals surface area contributed by atoms with Crippen LogP contribution in [0.15, 0.2) is 41.4 Å². The van der Waals surface area contributed by atoms with E-state index >= 15 is 0 Å². The van der Waals surface area contributed by atoms with Crippen molar-refractivity contribution in [2.75, 3.05) is 20.8 Å². The van der Waals surface area contributed by atoms with Gasteiger partial charge in [-0.3, -0.25) is 15.1 Å². The van der Waals surface area contributed by atoms with Crippen LogP contribution in [0.5, 0.6) is 11.5 Å². The topological polar surface area (TPSA) is 74.0 Å². The van der Waals surface area contributed by atoms with Crippen molar-refractivity contribution in [2.45, 2.75) is 12.8 Å². The summed E-state index contributed by atoms with van der Waals surface area (Å²) in [6.07, 6.45) is 1.49. The molecule has 0 aromatic heterocycles. The minimum absolute atomic E-state index is 0.0936. The van der Waals surface area contributed by atoms with E-state index in [1.807, 2.05) is 12.1 Å². The highest BCUT2D eigenvalue weighted by Crippen LogP contribution is 2.33. The molecule has 0 spiro atoms. The Kier molecular flexibility index (Phi) is 4.46. The van der Waals surface area contributed by atoms with Crippen molar-refractivity contribution in [3.05, 3.63) is 63.2 Å². The second kappa shape index (κ2) is 6.70. The smallest absolute Gasteiger partial charge is 0.269 e. The lowest BCUT2D eigenvalue weighted by Gasteiger charge is -2.20. The van der Waals surface area contributed by atoms with Crippen LogP contribution in [-0.4, -0.2) is 31.4 Å². The van der Waals surface area contributed by atoms with E-state index in [-0.39, 0.29) is 5.69 Å². The van der Waals surface area contributed by atoms with Gasteiger partial charge in [0.05, 0.1) is 19.1 Å². The van der Waals surface area contributed by atoms with E-state index in [0.29, 0.717) is 17.9 Å². The molecule has 0 saturated carbocycles. The predicted octanol–water partition coefficient (Wildman–Crippen LogP) is 3.20. The first-order valence-electron chi connectivity index (χ1n) is 7.64. The number of nitrogens with zero attached hydrogens (tertiary/aromatic N) is 2. The third kappa shape index (κ3) is 3.08. The zero-order valence-corrected chi connectivity index (χ0v) is 13.6. The van der Waals surface area contributed by atoms with Gasteiger partial charge in [-0.1, -0.05) is 12.1 Å². The highest BCUT2D eigenvalue weighted by atomic mass is 16.6. The van der Waals surface area contributed by atoms with Gasteiger partial charge in [-0.2, -0.15) is 0 Å². The molecule has 0 fully saturated rings. The molecule has 1 heterocycles. The molecule has 0 aliphatic carbocycles. The second-order valence-corrected chi connectivity index (χ2v) is 5.54. The molecule has 0 atom stereocenters. The number of benzene rings is 2. The van der Waals surface area contributed by atoms with Crippen LogP contribution in [0.4, 0.5) is 5.69 Å². The van der Waals surface area contributed by atoms with Crippen LogP contribution >= 0.6 is 0 Å². The van der Waals surface area contributed by atoms with Crippen molar-refractivity contribution in [2.24, 2.45) is 4.99 Å². The number of aliphatic imine (C=N–C) groups is 1. The van der Waals surface area contributed by atoms with Crippen LogP contribution in [0.3, 0.4) is 0 Å². The molecule has 1 aliphatic heterocycles. The third-order valence-electron chi connectivity index (χ3n) is 4.12. The van der Waals surface area contributed by atoms with E-state index in [1.54, 1.807) is 26.4 Å². The van der Waals surface area contributed by atoms with Gasteiger partial charge in [0.25, 0.3) is 5.69 Å². The fourth-order valence-electron chi connectivity index (χ4n) is 2.87. The average molecular weight is 326 g/mol. The molecule has 6 nitrogen and oxygen atoms in total. The van der Waals surface area contributed by atoms with Crippen molar-refractivity contribution in [3.63, 3.8) is 0 Å². The van der Waals surface area contributed by atoms with E-state index in [9.17, 15) is 10.1 Å². The molecule has 0 radical (unpaired) electrons. The van der Waals surface area contributed by atoms with Crippen LogP contribution in [-0.2, 0) is 12.8 Å². The molecule has 0 amide bonds. The molecule has 2 aromatic rings. The highest BCUT2D eigenvalue weighted by molar-refractivity contribution is 6.04. The quantitative estimate of drug-likeness (QED) is 0.625. The number of rotatable bonds is 5. The summed E-state index contributed by atoms with van der Waals surface area (Å²) in [5.74, 6) is 1.39. The summed E-state index contributed by atoms with van der Waals surface area (Å²) in [4.78, 5) is 15.0. The van der Waals surface area contributed by atoms with Gasteiger partial charge in [0, 0.05) is 36.4 Å². The Hall–Kier alpha value is -2.89. The fraction of sp³-hybridized carbons (Fsp3) is 0.278. The summed E-state index contributed by atoms with van der Waals surface area (Å²) in [5.41, 5.74) is 4.28. The third-order valence-corrected chi connectivity index (χ3v) is 4.12. The standard InChI is InChI=1S/C18H18N2O4/c1-23-17-10-13-7-8-19-16(15(13)11-18(17)24-2)9-12-3-5-14(6-4-12)20(21)22/h3-6,10-11H,7-9H2,1-2H3. The number of fused-ring (bicyclic) bond motifs is 1. The number of non-ortho nitro benzene ring substituents is 1. The lowest BCUT2D eigenvalue weighted by Crippen LogP contribution is -2.16. The zero-order valence-electron chi connectivity index (χ0n) is 13.6. The van der Waals surface area contributed by atoms with E-state index in [0.717, 1.165) is 29.8 Å². The van der Waals surface area contributed by atoms with Crippen LogP contribution in [0, 0.1) is 10.1 Å². The Balaban J connectivity index is 1.90. The Bertz CT molecular complexity index is 797. The van der Waals surface area contributed by atoms with Gasteiger partial charge in [-0.05, 0) is 29.7 Å². The number of nitro benzene ring substituents is 1. The van der Waals surface area contributed by atoms with Gasteiger partial charge in [0.1, 0.15) is 0 Å². The number of ether oxygens (including phenoxy) is 2. The average Bonchev–Trinajstić information content (AvgIpc) is 2.61. The number of methoxy groups -OCH3 is 2. The maximum absolute atomic E-state index is 10.8. The Morgan fingerprint density at radius 2 is 1.79 bits per heavy atom. The van der Waals surface area contributed by atoms with Crippen LogP contribution in [0.25, 0.3) is 0 Å². The molecule has 3 rings (SSSR count). The largest absolute Gasteiger partial charge is 0.493 e. The lowest BCUT2D eigenvalue weighted by molar-refractivity contribution is -0.384. The van der Waals surface area contributed by atoms with Crippen molar-refractivity contribution in [1.82, 2.24) is 0 Å². The van der Waals surface area contributed by atoms with Crippen molar-refractivity contribution >= 4 is 11.4 Å². The van der Waals surface area contributed by atoms with Gasteiger partial charge in [-0.15, -0.1) is 0 Å². The maximum atomic E-state index is 10.8. The second-order valence-electron chi connectivity index (χ2n) is 5.54. The summed E-state index contributed by atoms with van der Waals surface area (Å²) in [5, 5.41) is 10.8.